The Morgan fingerprint density at radius 3 is 2.82 bits per heavy atom. The largest absolute Gasteiger partial charge is 0.507 e. The van der Waals surface area contributed by atoms with Crippen molar-refractivity contribution < 1.29 is 9.52 Å². The van der Waals surface area contributed by atoms with Gasteiger partial charge in [0.1, 0.15) is 5.75 Å². The van der Waals surface area contributed by atoms with Crippen molar-refractivity contribution in [2.24, 2.45) is 5.92 Å². The zero-order valence-corrected chi connectivity index (χ0v) is 16.8. The number of anilines is 1. The minimum absolute atomic E-state index is 0.119. The first kappa shape index (κ1) is 17.8. The van der Waals surface area contributed by atoms with Gasteiger partial charge in [-0.2, -0.15) is 4.98 Å². The van der Waals surface area contributed by atoms with Gasteiger partial charge >= 0.3 is 0 Å². The van der Waals surface area contributed by atoms with E-state index in [4.69, 9.17) is 21.0 Å². The van der Waals surface area contributed by atoms with Gasteiger partial charge in [-0.3, -0.25) is 0 Å². The van der Waals surface area contributed by atoms with E-state index < -0.39 is 0 Å². The van der Waals surface area contributed by atoms with Crippen molar-refractivity contribution in [2.75, 3.05) is 31.6 Å². The molecule has 5 rings (SSSR count). The zero-order chi connectivity index (χ0) is 19.4. The molecule has 6 nitrogen and oxygen atoms in total. The SMILES string of the molecule is Cc1cc(Cl)cc(O)c1-c1ccc2oc(N3CCC4CCN(C)CC43)nc2n1. The normalized spacial score (nSPS) is 22.8. The molecule has 2 unspecified atom stereocenters. The van der Waals surface area contributed by atoms with Crippen molar-refractivity contribution in [2.45, 2.75) is 25.8 Å². The molecule has 28 heavy (non-hydrogen) atoms. The number of phenolic OH excluding ortho intramolecular Hbond substituents is 1. The molecule has 0 aliphatic carbocycles. The number of benzene rings is 1. The standard InChI is InChI=1S/C21H23ClN4O2/c1-12-9-14(22)10-17(27)19(12)15-3-4-18-20(23-15)24-21(28-18)26-8-6-13-5-7-25(2)11-16(13)26/h3-4,9-10,13,16,27H,5-8,11H2,1-2H3. The molecule has 4 heterocycles. The Bertz CT molecular complexity index is 1030. The lowest BCUT2D eigenvalue weighted by Gasteiger charge is -2.35. The second-order valence-electron chi connectivity index (χ2n) is 7.99. The van der Waals surface area contributed by atoms with E-state index in [9.17, 15) is 5.11 Å². The zero-order valence-electron chi connectivity index (χ0n) is 16.0. The molecule has 0 amide bonds. The van der Waals surface area contributed by atoms with E-state index in [0.29, 0.717) is 45.5 Å². The molecule has 1 N–H and O–H groups in total. The predicted octanol–water partition coefficient (Wildman–Crippen LogP) is 4.09. The van der Waals surface area contributed by atoms with E-state index in [1.807, 2.05) is 25.1 Å². The first-order valence-corrected chi connectivity index (χ1v) is 10.1. The lowest BCUT2D eigenvalue weighted by Crippen LogP contribution is -2.46. The summed E-state index contributed by atoms with van der Waals surface area (Å²) in [7, 11) is 2.17. The van der Waals surface area contributed by atoms with Crippen LogP contribution in [-0.4, -0.2) is 52.7 Å². The van der Waals surface area contributed by atoms with Crippen LogP contribution in [0.3, 0.4) is 0 Å². The van der Waals surface area contributed by atoms with Crippen molar-refractivity contribution in [3.8, 4) is 17.0 Å². The van der Waals surface area contributed by atoms with Gasteiger partial charge in [0.05, 0.1) is 5.69 Å². The Morgan fingerprint density at radius 2 is 2.00 bits per heavy atom. The number of aromatic hydroxyl groups is 1. The van der Waals surface area contributed by atoms with E-state index in [2.05, 4.69) is 21.8 Å². The number of likely N-dealkylation sites (N-methyl/N-ethyl adjacent to an activating group) is 1. The maximum absolute atomic E-state index is 10.3. The number of pyridine rings is 1. The Balaban J connectivity index is 1.51. The van der Waals surface area contributed by atoms with E-state index in [-0.39, 0.29) is 5.75 Å². The number of aryl methyl sites for hydroxylation is 1. The third-order valence-corrected chi connectivity index (χ3v) is 6.31. The quantitative estimate of drug-likeness (QED) is 0.701. The number of phenols is 1. The third-order valence-electron chi connectivity index (χ3n) is 6.09. The lowest BCUT2D eigenvalue weighted by molar-refractivity contribution is 0.206. The molecule has 0 radical (unpaired) electrons. The van der Waals surface area contributed by atoms with Gasteiger partial charge < -0.3 is 19.3 Å². The predicted molar refractivity (Wildman–Crippen MR) is 110 cm³/mol. The van der Waals surface area contributed by atoms with E-state index >= 15 is 0 Å². The van der Waals surface area contributed by atoms with Crippen molar-refractivity contribution >= 4 is 28.8 Å². The molecule has 7 heteroatoms. The fourth-order valence-electron chi connectivity index (χ4n) is 4.66. The molecule has 2 fully saturated rings. The summed E-state index contributed by atoms with van der Waals surface area (Å²) in [5.74, 6) is 0.830. The van der Waals surface area contributed by atoms with Crippen LogP contribution in [0.2, 0.25) is 5.02 Å². The molecule has 2 atom stereocenters. The summed E-state index contributed by atoms with van der Waals surface area (Å²) in [6.45, 7) is 5.09. The highest BCUT2D eigenvalue weighted by molar-refractivity contribution is 6.31. The number of halogens is 1. The lowest BCUT2D eigenvalue weighted by atomic mass is 9.93. The number of piperidine rings is 1. The van der Waals surface area contributed by atoms with Crippen LogP contribution in [0.1, 0.15) is 18.4 Å². The number of rotatable bonds is 2. The van der Waals surface area contributed by atoms with Gasteiger partial charge in [0, 0.05) is 29.7 Å². The number of likely N-dealkylation sites (tertiary alicyclic amines) is 1. The highest BCUT2D eigenvalue weighted by Crippen LogP contribution is 2.37. The molecule has 2 aliphatic heterocycles. The highest BCUT2D eigenvalue weighted by atomic mass is 35.5. The van der Waals surface area contributed by atoms with Gasteiger partial charge in [-0.05, 0) is 69.1 Å². The van der Waals surface area contributed by atoms with Gasteiger partial charge in [0.25, 0.3) is 6.01 Å². The smallest absolute Gasteiger partial charge is 0.300 e. The Labute approximate surface area is 168 Å². The van der Waals surface area contributed by atoms with Gasteiger partial charge in [-0.15, -0.1) is 0 Å². The summed E-state index contributed by atoms with van der Waals surface area (Å²) in [6, 6.07) is 8.19. The van der Waals surface area contributed by atoms with Gasteiger partial charge in [0.2, 0.25) is 5.65 Å². The van der Waals surface area contributed by atoms with Crippen molar-refractivity contribution in [3.05, 3.63) is 34.9 Å². The van der Waals surface area contributed by atoms with Crippen LogP contribution in [0, 0.1) is 12.8 Å². The number of fused-ring (bicyclic) bond motifs is 2. The summed E-state index contributed by atoms with van der Waals surface area (Å²) in [5, 5.41) is 10.9. The first-order valence-electron chi connectivity index (χ1n) is 9.72. The molecule has 2 saturated heterocycles. The monoisotopic (exact) mass is 398 g/mol. The van der Waals surface area contributed by atoms with Crippen LogP contribution >= 0.6 is 11.6 Å². The van der Waals surface area contributed by atoms with Crippen molar-refractivity contribution in [1.82, 2.24) is 14.9 Å². The first-order chi connectivity index (χ1) is 13.5. The summed E-state index contributed by atoms with van der Waals surface area (Å²) in [5.41, 5.74) is 3.43. The van der Waals surface area contributed by atoms with Crippen LogP contribution in [0.5, 0.6) is 5.75 Å². The van der Waals surface area contributed by atoms with Gasteiger partial charge in [-0.25, -0.2) is 4.98 Å². The maximum atomic E-state index is 10.3. The number of hydrogen-bond donors (Lipinski definition) is 1. The number of hydrogen-bond acceptors (Lipinski definition) is 6. The van der Waals surface area contributed by atoms with E-state index in [0.717, 1.165) is 25.2 Å². The topological polar surface area (TPSA) is 65.6 Å². The fraction of sp³-hybridized carbons (Fsp3) is 0.429. The average Bonchev–Trinajstić information content (AvgIpc) is 3.23. The van der Waals surface area contributed by atoms with Crippen LogP contribution in [0.15, 0.2) is 28.7 Å². The Morgan fingerprint density at radius 1 is 1.18 bits per heavy atom. The van der Waals surface area contributed by atoms with E-state index in [1.165, 1.54) is 18.9 Å². The molecule has 0 saturated carbocycles. The van der Waals surface area contributed by atoms with Crippen LogP contribution in [-0.2, 0) is 0 Å². The minimum Gasteiger partial charge on any atom is -0.507 e. The van der Waals surface area contributed by atoms with Crippen LogP contribution in [0.25, 0.3) is 22.5 Å². The molecule has 2 aromatic heterocycles. The molecular formula is C21H23ClN4O2. The minimum atomic E-state index is 0.119. The summed E-state index contributed by atoms with van der Waals surface area (Å²) in [6.07, 6.45) is 2.42. The van der Waals surface area contributed by atoms with Crippen molar-refractivity contribution in [3.63, 3.8) is 0 Å². The second kappa shape index (κ2) is 6.64. The average molecular weight is 399 g/mol. The Kier molecular flexibility index (Phi) is 4.21. The molecule has 3 aromatic rings. The number of oxazole rings is 1. The summed E-state index contributed by atoms with van der Waals surface area (Å²) in [4.78, 5) is 14.0. The molecule has 1 aromatic carbocycles. The number of nitrogens with zero attached hydrogens (tertiary/aromatic N) is 4. The maximum Gasteiger partial charge on any atom is 0.300 e. The van der Waals surface area contributed by atoms with Crippen LogP contribution in [0.4, 0.5) is 6.01 Å². The molecule has 0 spiro atoms. The fourth-order valence-corrected chi connectivity index (χ4v) is 4.93. The van der Waals surface area contributed by atoms with Crippen molar-refractivity contribution in [1.29, 1.82) is 0 Å². The number of aromatic nitrogens is 2. The van der Waals surface area contributed by atoms with Crippen LogP contribution < -0.4 is 4.90 Å². The molecule has 0 bridgehead atoms. The third kappa shape index (κ3) is 2.91. The van der Waals surface area contributed by atoms with E-state index in [1.54, 1.807) is 0 Å². The Hall–Kier alpha value is -2.31. The molecule has 146 valence electrons. The second-order valence-corrected chi connectivity index (χ2v) is 8.43. The summed E-state index contributed by atoms with van der Waals surface area (Å²) < 4.78 is 6.06. The highest BCUT2D eigenvalue weighted by Gasteiger charge is 2.39. The molecular weight excluding hydrogens is 376 g/mol. The summed E-state index contributed by atoms with van der Waals surface area (Å²) >= 11 is 6.03. The van der Waals surface area contributed by atoms with Gasteiger partial charge in [-0.1, -0.05) is 11.6 Å². The van der Waals surface area contributed by atoms with Gasteiger partial charge in [0.15, 0.2) is 5.58 Å². The molecule has 2 aliphatic rings.